The maximum Gasteiger partial charge on any atom is 0.117 e. The summed E-state index contributed by atoms with van der Waals surface area (Å²) in [6.07, 6.45) is 0. The highest BCUT2D eigenvalue weighted by molar-refractivity contribution is 6.36. The SMILES string of the molecule is NCc1[nH]c2cc(O)ccc2c1Cl. The Bertz CT molecular complexity index is 450. The van der Waals surface area contributed by atoms with Crippen LogP contribution in [0.4, 0.5) is 0 Å². The number of fused-ring (bicyclic) bond motifs is 1. The molecule has 0 saturated heterocycles. The molecule has 2 rings (SSSR count). The molecule has 0 saturated carbocycles. The highest BCUT2D eigenvalue weighted by Gasteiger charge is 2.07. The summed E-state index contributed by atoms with van der Waals surface area (Å²) in [5, 5.41) is 10.7. The summed E-state index contributed by atoms with van der Waals surface area (Å²) in [7, 11) is 0. The number of benzene rings is 1. The first kappa shape index (κ1) is 8.41. The molecular weight excluding hydrogens is 188 g/mol. The van der Waals surface area contributed by atoms with Crippen LogP contribution in [0.5, 0.6) is 5.75 Å². The summed E-state index contributed by atoms with van der Waals surface area (Å²) in [6.45, 7) is 0.369. The molecule has 0 aliphatic heterocycles. The quantitative estimate of drug-likeness (QED) is 0.653. The van der Waals surface area contributed by atoms with Gasteiger partial charge < -0.3 is 15.8 Å². The molecule has 68 valence electrons. The van der Waals surface area contributed by atoms with Crippen molar-refractivity contribution >= 4 is 22.5 Å². The number of nitrogens with two attached hydrogens (primary N) is 1. The Balaban J connectivity index is 2.76. The molecular formula is C9H9ClN2O. The van der Waals surface area contributed by atoms with Crippen LogP contribution in [-0.2, 0) is 6.54 Å². The average molecular weight is 197 g/mol. The van der Waals surface area contributed by atoms with Crippen molar-refractivity contribution < 1.29 is 5.11 Å². The molecule has 0 amide bonds. The Hall–Kier alpha value is -1.19. The Morgan fingerprint density at radius 2 is 2.23 bits per heavy atom. The van der Waals surface area contributed by atoms with Crippen LogP contribution in [0.1, 0.15) is 5.69 Å². The van der Waals surface area contributed by atoms with E-state index in [0.717, 1.165) is 16.6 Å². The van der Waals surface area contributed by atoms with Crippen LogP contribution in [0.3, 0.4) is 0 Å². The summed E-state index contributed by atoms with van der Waals surface area (Å²) in [5.41, 5.74) is 7.08. The number of halogens is 1. The minimum absolute atomic E-state index is 0.217. The van der Waals surface area contributed by atoms with Crippen molar-refractivity contribution in [3.63, 3.8) is 0 Å². The van der Waals surface area contributed by atoms with Gasteiger partial charge in [0.1, 0.15) is 5.75 Å². The lowest BCUT2D eigenvalue weighted by Crippen LogP contribution is -1.96. The van der Waals surface area contributed by atoms with Crippen LogP contribution >= 0.6 is 11.6 Å². The minimum Gasteiger partial charge on any atom is -0.508 e. The largest absolute Gasteiger partial charge is 0.508 e. The number of rotatable bonds is 1. The summed E-state index contributed by atoms with van der Waals surface area (Å²) < 4.78 is 0. The summed E-state index contributed by atoms with van der Waals surface area (Å²) in [4.78, 5) is 3.04. The number of nitrogens with one attached hydrogen (secondary N) is 1. The molecule has 0 atom stereocenters. The zero-order valence-electron chi connectivity index (χ0n) is 6.84. The van der Waals surface area contributed by atoms with E-state index in [1.165, 1.54) is 0 Å². The van der Waals surface area contributed by atoms with E-state index in [2.05, 4.69) is 4.98 Å². The van der Waals surface area contributed by atoms with Gasteiger partial charge in [-0.25, -0.2) is 0 Å². The molecule has 4 heteroatoms. The Kier molecular flexibility index (Phi) is 1.90. The third-order valence-corrected chi connectivity index (χ3v) is 2.43. The third-order valence-electron chi connectivity index (χ3n) is 1.99. The van der Waals surface area contributed by atoms with Crippen molar-refractivity contribution in [2.24, 2.45) is 5.73 Å². The zero-order chi connectivity index (χ0) is 9.42. The Morgan fingerprint density at radius 1 is 1.46 bits per heavy atom. The van der Waals surface area contributed by atoms with Crippen LogP contribution in [0.25, 0.3) is 10.9 Å². The van der Waals surface area contributed by atoms with E-state index in [0.29, 0.717) is 11.6 Å². The number of aromatic nitrogens is 1. The summed E-state index contributed by atoms with van der Waals surface area (Å²) in [5.74, 6) is 0.217. The van der Waals surface area contributed by atoms with Crippen LogP contribution in [-0.4, -0.2) is 10.1 Å². The second kappa shape index (κ2) is 2.94. The molecule has 0 bridgehead atoms. The molecule has 0 spiro atoms. The van der Waals surface area contributed by atoms with E-state index in [1.54, 1.807) is 18.2 Å². The molecule has 0 unspecified atom stereocenters. The van der Waals surface area contributed by atoms with E-state index in [4.69, 9.17) is 17.3 Å². The number of aromatic amines is 1. The molecule has 0 aliphatic rings. The summed E-state index contributed by atoms with van der Waals surface area (Å²) in [6, 6.07) is 4.99. The van der Waals surface area contributed by atoms with E-state index in [9.17, 15) is 5.11 Å². The van der Waals surface area contributed by atoms with Crippen LogP contribution < -0.4 is 5.73 Å². The van der Waals surface area contributed by atoms with Crippen molar-refractivity contribution in [1.29, 1.82) is 0 Å². The minimum atomic E-state index is 0.217. The zero-order valence-corrected chi connectivity index (χ0v) is 7.60. The van der Waals surface area contributed by atoms with Gasteiger partial charge in [-0.3, -0.25) is 0 Å². The second-order valence-electron chi connectivity index (χ2n) is 2.85. The molecule has 0 fully saturated rings. The van der Waals surface area contributed by atoms with Crippen molar-refractivity contribution in [2.45, 2.75) is 6.54 Å². The maximum atomic E-state index is 9.21. The van der Waals surface area contributed by atoms with Gasteiger partial charge in [0, 0.05) is 23.7 Å². The molecule has 1 heterocycles. The van der Waals surface area contributed by atoms with Crippen LogP contribution in [0.2, 0.25) is 5.02 Å². The van der Waals surface area contributed by atoms with Crippen molar-refractivity contribution in [1.82, 2.24) is 4.98 Å². The normalized spacial score (nSPS) is 10.9. The lowest BCUT2D eigenvalue weighted by Gasteiger charge is -1.91. The van der Waals surface area contributed by atoms with Crippen LogP contribution in [0, 0.1) is 0 Å². The molecule has 0 aliphatic carbocycles. The van der Waals surface area contributed by atoms with Crippen LogP contribution in [0.15, 0.2) is 18.2 Å². The fraction of sp³-hybridized carbons (Fsp3) is 0.111. The Morgan fingerprint density at radius 3 is 2.92 bits per heavy atom. The molecule has 0 radical (unpaired) electrons. The Labute approximate surface area is 80.1 Å². The molecule has 2 aromatic rings. The lowest BCUT2D eigenvalue weighted by atomic mass is 10.2. The van der Waals surface area contributed by atoms with Gasteiger partial charge in [-0.2, -0.15) is 0 Å². The van der Waals surface area contributed by atoms with E-state index in [-0.39, 0.29) is 5.75 Å². The van der Waals surface area contributed by atoms with E-state index >= 15 is 0 Å². The number of phenols is 1. The fourth-order valence-electron chi connectivity index (χ4n) is 1.35. The fourth-order valence-corrected chi connectivity index (χ4v) is 1.64. The molecule has 3 nitrogen and oxygen atoms in total. The van der Waals surface area contributed by atoms with Gasteiger partial charge in [0.05, 0.1) is 10.5 Å². The van der Waals surface area contributed by atoms with Gasteiger partial charge in [-0.1, -0.05) is 11.6 Å². The molecule has 1 aromatic carbocycles. The number of hydrogen-bond donors (Lipinski definition) is 3. The predicted octanol–water partition coefficient (Wildman–Crippen LogP) is 1.99. The molecule has 4 N–H and O–H groups in total. The van der Waals surface area contributed by atoms with E-state index < -0.39 is 0 Å². The lowest BCUT2D eigenvalue weighted by molar-refractivity contribution is 0.476. The highest BCUT2D eigenvalue weighted by atomic mass is 35.5. The average Bonchev–Trinajstić information content (AvgIpc) is 2.42. The maximum absolute atomic E-state index is 9.21. The second-order valence-corrected chi connectivity index (χ2v) is 3.23. The van der Waals surface area contributed by atoms with Crippen molar-refractivity contribution in [3.05, 3.63) is 28.9 Å². The first-order valence-electron chi connectivity index (χ1n) is 3.91. The first-order valence-corrected chi connectivity index (χ1v) is 4.29. The molecule has 1 aromatic heterocycles. The third kappa shape index (κ3) is 1.26. The van der Waals surface area contributed by atoms with Gasteiger partial charge in [0.25, 0.3) is 0 Å². The van der Waals surface area contributed by atoms with Gasteiger partial charge >= 0.3 is 0 Å². The monoisotopic (exact) mass is 196 g/mol. The van der Waals surface area contributed by atoms with Gasteiger partial charge in [-0.15, -0.1) is 0 Å². The smallest absolute Gasteiger partial charge is 0.117 e. The topological polar surface area (TPSA) is 62.0 Å². The van der Waals surface area contributed by atoms with Gasteiger partial charge in [0.15, 0.2) is 0 Å². The van der Waals surface area contributed by atoms with Crippen molar-refractivity contribution in [3.8, 4) is 5.75 Å². The number of hydrogen-bond acceptors (Lipinski definition) is 2. The number of H-pyrrole nitrogens is 1. The van der Waals surface area contributed by atoms with Gasteiger partial charge in [-0.05, 0) is 12.1 Å². The predicted molar refractivity (Wildman–Crippen MR) is 52.9 cm³/mol. The molecule has 13 heavy (non-hydrogen) atoms. The number of aromatic hydroxyl groups is 1. The highest BCUT2D eigenvalue weighted by Crippen LogP contribution is 2.29. The van der Waals surface area contributed by atoms with Crippen molar-refractivity contribution in [2.75, 3.05) is 0 Å². The summed E-state index contributed by atoms with van der Waals surface area (Å²) >= 11 is 6.02. The first-order chi connectivity index (χ1) is 6.22. The number of phenolic OH excluding ortho intramolecular Hbond substituents is 1. The standard InChI is InChI=1S/C9H9ClN2O/c10-9-6-2-1-5(13)3-7(6)12-8(9)4-11/h1-3,12-13H,4,11H2. The van der Waals surface area contributed by atoms with E-state index in [1.807, 2.05) is 0 Å². The van der Waals surface area contributed by atoms with Gasteiger partial charge in [0.2, 0.25) is 0 Å².